The maximum absolute atomic E-state index is 12.4. The molecule has 4 rings (SSSR count). The number of carbonyl (C=O) groups is 2. The molecule has 0 aliphatic carbocycles. The molecule has 0 radical (unpaired) electrons. The van der Waals surface area contributed by atoms with E-state index in [1.807, 2.05) is 105 Å². The third-order valence-corrected chi connectivity index (χ3v) is 6.13. The summed E-state index contributed by atoms with van der Waals surface area (Å²) in [5.74, 6) is -0.131. The Hall–Kier alpha value is -4.64. The first-order valence-electron chi connectivity index (χ1n) is 12.7. The minimum atomic E-state index is -0.131. The Kier molecular flexibility index (Phi) is 10.4. The average Bonchev–Trinajstić information content (AvgIpc) is 2.97. The summed E-state index contributed by atoms with van der Waals surface area (Å²) in [6.45, 7) is 6.22. The van der Waals surface area contributed by atoms with Crippen LogP contribution in [0.25, 0.3) is 5.70 Å². The van der Waals surface area contributed by atoms with Gasteiger partial charge in [-0.2, -0.15) is 0 Å². The van der Waals surface area contributed by atoms with Crippen molar-refractivity contribution in [1.29, 1.82) is 0 Å². The molecule has 38 heavy (non-hydrogen) atoms. The molecule has 0 aliphatic heterocycles. The van der Waals surface area contributed by atoms with Crippen molar-refractivity contribution >= 4 is 35.0 Å². The Balaban J connectivity index is 0.000000427. The number of benzene rings is 4. The number of allylic oxidation sites excluding steroid dienone is 1. The van der Waals surface area contributed by atoms with Crippen LogP contribution < -0.4 is 16.0 Å². The van der Waals surface area contributed by atoms with Crippen LogP contribution in [0.1, 0.15) is 52.1 Å². The third-order valence-electron chi connectivity index (χ3n) is 6.13. The van der Waals surface area contributed by atoms with Gasteiger partial charge in [0.25, 0.3) is 5.91 Å². The number of aldehydes is 1. The van der Waals surface area contributed by atoms with Crippen molar-refractivity contribution in [3.8, 4) is 0 Å². The molecule has 4 aromatic rings. The van der Waals surface area contributed by atoms with Gasteiger partial charge in [-0.05, 0) is 79.4 Å². The Morgan fingerprint density at radius 2 is 1.39 bits per heavy atom. The fourth-order valence-corrected chi connectivity index (χ4v) is 3.74. The van der Waals surface area contributed by atoms with E-state index in [2.05, 4.69) is 29.8 Å². The number of aryl methyl sites for hydroxylation is 1. The van der Waals surface area contributed by atoms with Crippen LogP contribution >= 0.6 is 0 Å². The van der Waals surface area contributed by atoms with Gasteiger partial charge in [-0.1, -0.05) is 67.6 Å². The predicted molar refractivity (Wildman–Crippen MR) is 160 cm³/mol. The van der Waals surface area contributed by atoms with Gasteiger partial charge < -0.3 is 16.0 Å². The lowest BCUT2D eigenvalue weighted by Crippen LogP contribution is -2.12. The standard InChI is InChI=1S/C26H26N2O2.C7H9N/c1-4-18(2)25(21-12-10-20(17-29)11-13-21)28-24-15-14-23(16-19(24)3)27-26(30)22-8-6-5-7-9-22;1-8-7-5-3-2-4-6-7/h5-17,28H,4H2,1-3H3,(H,27,30);2-6,8H,1H3. The lowest BCUT2D eigenvalue weighted by Gasteiger charge is -2.18. The van der Waals surface area contributed by atoms with Gasteiger partial charge in [0.2, 0.25) is 0 Å². The maximum atomic E-state index is 12.4. The van der Waals surface area contributed by atoms with Gasteiger partial charge in [0.05, 0.1) is 0 Å². The Morgan fingerprint density at radius 1 is 0.763 bits per heavy atom. The number of rotatable bonds is 8. The first-order valence-corrected chi connectivity index (χ1v) is 12.7. The normalized spacial score (nSPS) is 10.8. The molecule has 5 heteroatoms. The SMILES string of the molecule is CCC(C)=C(Nc1ccc(NC(=O)c2ccccc2)cc1C)c1ccc(C=O)cc1.CNc1ccccc1. The molecular weight excluding hydrogens is 470 g/mol. The van der Waals surface area contributed by atoms with Crippen LogP contribution in [0.3, 0.4) is 0 Å². The number of anilines is 3. The Bertz CT molecular complexity index is 1360. The second-order valence-electron chi connectivity index (χ2n) is 8.84. The highest BCUT2D eigenvalue weighted by Crippen LogP contribution is 2.27. The van der Waals surface area contributed by atoms with Crippen molar-refractivity contribution in [3.05, 3.63) is 131 Å². The van der Waals surface area contributed by atoms with Crippen molar-refractivity contribution in [1.82, 2.24) is 0 Å². The lowest BCUT2D eigenvalue weighted by atomic mass is 10.0. The molecule has 3 N–H and O–H groups in total. The van der Waals surface area contributed by atoms with Crippen LogP contribution in [0.15, 0.2) is 109 Å². The molecule has 0 fully saturated rings. The zero-order chi connectivity index (χ0) is 27.3. The second-order valence-corrected chi connectivity index (χ2v) is 8.84. The molecule has 0 saturated heterocycles. The van der Waals surface area contributed by atoms with E-state index in [-0.39, 0.29) is 5.91 Å². The molecule has 0 bridgehead atoms. The van der Waals surface area contributed by atoms with Gasteiger partial charge in [0.15, 0.2) is 0 Å². The zero-order valence-corrected chi connectivity index (χ0v) is 22.4. The van der Waals surface area contributed by atoms with Gasteiger partial charge >= 0.3 is 0 Å². The topological polar surface area (TPSA) is 70.2 Å². The summed E-state index contributed by atoms with van der Waals surface area (Å²) in [5.41, 5.74) is 8.45. The molecule has 1 amide bonds. The van der Waals surface area contributed by atoms with E-state index in [4.69, 9.17) is 0 Å². The molecule has 0 saturated carbocycles. The maximum Gasteiger partial charge on any atom is 0.255 e. The Labute approximate surface area is 225 Å². The van der Waals surface area contributed by atoms with Crippen LogP contribution in [0, 0.1) is 6.92 Å². The lowest BCUT2D eigenvalue weighted by molar-refractivity contribution is 0.102. The van der Waals surface area contributed by atoms with Crippen LogP contribution in [0.4, 0.5) is 17.1 Å². The number of nitrogens with one attached hydrogen (secondary N) is 3. The van der Waals surface area contributed by atoms with Gasteiger partial charge in [-0.25, -0.2) is 0 Å². The summed E-state index contributed by atoms with van der Waals surface area (Å²) in [6.07, 6.45) is 1.75. The highest BCUT2D eigenvalue weighted by atomic mass is 16.1. The summed E-state index contributed by atoms with van der Waals surface area (Å²) >= 11 is 0. The fraction of sp³-hybridized carbons (Fsp3) is 0.152. The van der Waals surface area contributed by atoms with E-state index in [0.717, 1.165) is 46.6 Å². The largest absolute Gasteiger partial charge is 0.388 e. The first-order chi connectivity index (χ1) is 18.4. The molecular formula is C33H35N3O2. The summed E-state index contributed by atoms with van der Waals surface area (Å²) in [5, 5.41) is 9.52. The highest BCUT2D eigenvalue weighted by molar-refractivity contribution is 6.04. The molecule has 0 unspecified atom stereocenters. The molecule has 194 valence electrons. The first kappa shape index (κ1) is 27.9. The Morgan fingerprint density at radius 3 is 1.92 bits per heavy atom. The highest BCUT2D eigenvalue weighted by Gasteiger charge is 2.10. The molecule has 0 atom stereocenters. The number of amides is 1. The van der Waals surface area contributed by atoms with E-state index in [9.17, 15) is 9.59 Å². The average molecular weight is 506 g/mol. The van der Waals surface area contributed by atoms with Crippen LogP contribution in [0.2, 0.25) is 0 Å². The van der Waals surface area contributed by atoms with Crippen LogP contribution in [0.5, 0.6) is 0 Å². The monoisotopic (exact) mass is 505 g/mol. The molecule has 0 aromatic heterocycles. The summed E-state index contributed by atoms with van der Waals surface area (Å²) in [4.78, 5) is 23.3. The predicted octanol–water partition coefficient (Wildman–Crippen LogP) is 8.04. The zero-order valence-electron chi connectivity index (χ0n) is 22.4. The molecule has 0 spiro atoms. The van der Waals surface area contributed by atoms with Crippen LogP contribution in [-0.2, 0) is 0 Å². The van der Waals surface area contributed by atoms with Crippen LogP contribution in [-0.4, -0.2) is 19.2 Å². The van der Waals surface area contributed by atoms with Gasteiger partial charge in [-0.15, -0.1) is 0 Å². The molecule has 0 heterocycles. The molecule has 0 aliphatic rings. The quantitative estimate of drug-likeness (QED) is 0.212. The number of carbonyl (C=O) groups excluding carboxylic acids is 2. The van der Waals surface area contributed by atoms with Crippen molar-refractivity contribution in [3.63, 3.8) is 0 Å². The number of hydrogen-bond donors (Lipinski definition) is 3. The summed E-state index contributed by atoms with van der Waals surface area (Å²) in [7, 11) is 1.91. The minimum Gasteiger partial charge on any atom is -0.388 e. The van der Waals surface area contributed by atoms with Gasteiger partial charge in [-0.3, -0.25) is 9.59 Å². The van der Waals surface area contributed by atoms with Crippen molar-refractivity contribution in [2.45, 2.75) is 27.2 Å². The van der Waals surface area contributed by atoms with E-state index in [1.54, 1.807) is 12.1 Å². The molecule has 5 nitrogen and oxygen atoms in total. The van der Waals surface area contributed by atoms with E-state index in [0.29, 0.717) is 11.1 Å². The number of hydrogen-bond acceptors (Lipinski definition) is 4. The summed E-state index contributed by atoms with van der Waals surface area (Å²) in [6, 6.07) is 32.6. The van der Waals surface area contributed by atoms with E-state index < -0.39 is 0 Å². The fourth-order valence-electron chi connectivity index (χ4n) is 3.74. The number of para-hydroxylation sites is 1. The summed E-state index contributed by atoms with van der Waals surface area (Å²) < 4.78 is 0. The van der Waals surface area contributed by atoms with Gasteiger partial charge in [0, 0.05) is 40.9 Å². The van der Waals surface area contributed by atoms with Crippen molar-refractivity contribution in [2.24, 2.45) is 0 Å². The van der Waals surface area contributed by atoms with E-state index in [1.165, 1.54) is 5.57 Å². The minimum absolute atomic E-state index is 0.131. The van der Waals surface area contributed by atoms with E-state index >= 15 is 0 Å². The molecule has 4 aromatic carbocycles. The van der Waals surface area contributed by atoms with Crippen molar-refractivity contribution in [2.75, 3.05) is 23.0 Å². The second kappa shape index (κ2) is 14.2. The third kappa shape index (κ3) is 7.93. The van der Waals surface area contributed by atoms with Gasteiger partial charge in [0.1, 0.15) is 6.29 Å². The van der Waals surface area contributed by atoms with Crippen molar-refractivity contribution < 1.29 is 9.59 Å². The smallest absolute Gasteiger partial charge is 0.255 e.